The van der Waals surface area contributed by atoms with Crippen molar-refractivity contribution in [3.8, 4) is 0 Å². The van der Waals surface area contributed by atoms with Crippen LogP contribution in [0.5, 0.6) is 0 Å². The van der Waals surface area contributed by atoms with Crippen LogP contribution in [0, 0.1) is 11.8 Å². The maximum Gasteiger partial charge on any atom is 0.408 e. The van der Waals surface area contributed by atoms with E-state index < -0.39 is 47.2 Å². The summed E-state index contributed by atoms with van der Waals surface area (Å²) in [5.74, 6) is -1.75. The van der Waals surface area contributed by atoms with Crippen LogP contribution in [0.1, 0.15) is 94.1 Å². The van der Waals surface area contributed by atoms with Gasteiger partial charge in [-0.25, -0.2) is 4.79 Å². The molecule has 4 N–H and O–H groups in total. The molecule has 0 spiro atoms. The molecule has 3 atom stereocenters. The Morgan fingerprint density at radius 2 is 1.33 bits per heavy atom. The molecule has 0 unspecified atom stereocenters. The van der Waals surface area contributed by atoms with E-state index in [0.717, 1.165) is 5.56 Å². The zero-order chi connectivity index (χ0) is 32.3. The lowest BCUT2D eigenvalue weighted by Crippen LogP contribution is -2.57. The van der Waals surface area contributed by atoms with Gasteiger partial charge in [-0.05, 0) is 65.4 Å². The molecule has 10 nitrogen and oxygen atoms in total. The quantitative estimate of drug-likeness (QED) is 0.258. The molecule has 0 radical (unpaired) electrons. The normalized spacial score (nSPS) is 14.0. The van der Waals surface area contributed by atoms with E-state index in [1.54, 1.807) is 20.8 Å². The number of benzene rings is 1. The summed E-state index contributed by atoms with van der Waals surface area (Å²) in [6, 6.07) is 6.40. The van der Waals surface area contributed by atoms with E-state index in [9.17, 15) is 24.0 Å². The zero-order valence-electron chi connectivity index (χ0n) is 27.1. The van der Waals surface area contributed by atoms with Gasteiger partial charge in [0.05, 0.1) is 6.04 Å². The Hall–Kier alpha value is -3.43. The third-order valence-electron chi connectivity index (χ3n) is 6.05. The summed E-state index contributed by atoms with van der Waals surface area (Å²) >= 11 is 0. The van der Waals surface area contributed by atoms with Crippen molar-refractivity contribution in [3.63, 3.8) is 0 Å². The van der Waals surface area contributed by atoms with Gasteiger partial charge < -0.3 is 26.0 Å². The molecule has 4 amide bonds. The topological polar surface area (TPSA) is 143 Å². The molecule has 0 heterocycles. The maximum absolute atomic E-state index is 13.6. The van der Waals surface area contributed by atoms with Crippen LogP contribution in [0.3, 0.4) is 0 Å². The Morgan fingerprint density at radius 3 is 1.83 bits per heavy atom. The second-order valence-corrected chi connectivity index (χ2v) is 13.6. The van der Waals surface area contributed by atoms with Crippen LogP contribution in [0.4, 0.5) is 4.79 Å². The summed E-state index contributed by atoms with van der Waals surface area (Å²) in [6.45, 7) is 18.2. The van der Waals surface area contributed by atoms with E-state index in [1.165, 1.54) is 0 Å². The first kappa shape index (κ1) is 36.6. The summed E-state index contributed by atoms with van der Waals surface area (Å²) in [5, 5.41) is 11.1. The number of ketones is 1. The van der Waals surface area contributed by atoms with Crippen molar-refractivity contribution in [2.24, 2.45) is 11.8 Å². The van der Waals surface area contributed by atoms with Gasteiger partial charge in [0, 0.05) is 24.8 Å². The highest BCUT2D eigenvalue weighted by atomic mass is 16.6. The van der Waals surface area contributed by atoms with Gasteiger partial charge in [0.2, 0.25) is 17.7 Å². The minimum Gasteiger partial charge on any atom is -0.444 e. The third-order valence-corrected chi connectivity index (χ3v) is 6.05. The average molecular weight is 589 g/mol. The van der Waals surface area contributed by atoms with Gasteiger partial charge >= 0.3 is 6.09 Å². The van der Waals surface area contributed by atoms with Crippen molar-refractivity contribution in [2.75, 3.05) is 0 Å². The first-order valence-electron chi connectivity index (χ1n) is 14.7. The van der Waals surface area contributed by atoms with E-state index in [-0.39, 0.29) is 42.8 Å². The molecule has 0 bridgehead atoms. The minimum atomic E-state index is -1.02. The second kappa shape index (κ2) is 16.3. The average Bonchev–Trinajstić information content (AvgIpc) is 2.82. The number of ether oxygens (including phenoxy) is 1. The molecular weight excluding hydrogens is 536 g/mol. The number of nitrogens with one attached hydrogen (secondary N) is 4. The summed E-state index contributed by atoms with van der Waals surface area (Å²) in [4.78, 5) is 64.9. The number of amides is 4. The summed E-state index contributed by atoms with van der Waals surface area (Å²) in [7, 11) is 0. The molecule has 236 valence electrons. The minimum absolute atomic E-state index is 0.00654. The van der Waals surface area contributed by atoms with Crippen LogP contribution in [0.15, 0.2) is 30.3 Å². The summed E-state index contributed by atoms with van der Waals surface area (Å²) in [6.07, 6.45) is -0.252. The van der Waals surface area contributed by atoms with Crippen molar-refractivity contribution in [1.29, 1.82) is 0 Å². The highest BCUT2D eigenvalue weighted by Gasteiger charge is 2.32. The Labute approximate surface area is 251 Å². The van der Waals surface area contributed by atoms with E-state index in [1.807, 2.05) is 78.8 Å². The number of alkyl carbamates (subject to hydrolysis) is 1. The van der Waals surface area contributed by atoms with Gasteiger partial charge in [-0.15, -0.1) is 0 Å². The molecule has 0 saturated carbocycles. The van der Waals surface area contributed by atoms with Crippen molar-refractivity contribution in [1.82, 2.24) is 21.3 Å². The molecule has 0 aliphatic rings. The fraction of sp³-hybridized carbons (Fsp3) is 0.656. The lowest BCUT2D eigenvalue weighted by molar-refractivity contribution is -0.133. The van der Waals surface area contributed by atoms with Gasteiger partial charge in [0.1, 0.15) is 17.7 Å². The van der Waals surface area contributed by atoms with Crippen LogP contribution < -0.4 is 21.3 Å². The van der Waals surface area contributed by atoms with Gasteiger partial charge in [0.15, 0.2) is 5.78 Å². The van der Waals surface area contributed by atoms with Crippen molar-refractivity contribution >= 4 is 29.6 Å². The van der Waals surface area contributed by atoms with Gasteiger partial charge in [-0.2, -0.15) is 0 Å². The van der Waals surface area contributed by atoms with E-state index in [0.29, 0.717) is 6.42 Å². The highest BCUT2D eigenvalue weighted by molar-refractivity contribution is 5.95. The molecule has 42 heavy (non-hydrogen) atoms. The molecule has 0 aromatic heterocycles. The summed E-state index contributed by atoms with van der Waals surface area (Å²) in [5.41, 5.74) is -0.352. The summed E-state index contributed by atoms with van der Waals surface area (Å²) < 4.78 is 5.34. The Morgan fingerprint density at radius 1 is 0.762 bits per heavy atom. The Balaban J connectivity index is 3.13. The highest BCUT2D eigenvalue weighted by Crippen LogP contribution is 2.13. The first-order valence-corrected chi connectivity index (χ1v) is 14.7. The molecule has 1 aromatic rings. The number of carbonyl (C=O) groups is 5. The Kier molecular flexibility index (Phi) is 14.2. The molecular formula is C32H52N4O6. The predicted molar refractivity (Wildman–Crippen MR) is 164 cm³/mol. The van der Waals surface area contributed by atoms with E-state index in [2.05, 4.69) is 21.3 Å². The van der Waals surface area contributed by atoms with Crippen LogP contribution in [-0.2, 0) is 30.3 Å². The van der Waals surface area contributed by atoms with Crippen LogP contribution in [-0.4, -0.2) is 58.9 Å². The second-order valence-electron chi connectivity index (χ2n) is 13.6. The molecule has 1 rings (SSSR count). The zero-order valence-corrected chi connectivity index (χ0v) is 27.1. The van der Waals surface area contributed by atoms with Crippen LogP contribution in [0.2, 0.25) is 0 Å². The number of carbonyl (C=O) groups excluding carboxylic acids is 5. The fourth-order valence-electron chi connectivity index (χ4n) is 4.23. The van der Waals surface area contributed by atoms with Crippen molar-refractivity contribution in [2.45, 2.75) is 124 Å². The number of hydrogen-bond acceptors (Lipinski definition) is 6. The predicted octanol–water partition coefficient (Wildman–Crippen LogP) is 4.06. The molecule has 0 aliphatic heterocycles. The van der Waals surface area contributed by atoms with E-state index in [4.69, 9.17) is 4.74 Å². The fourth-order valence-corrected chi connectivity index (χ4v) is 4.23. The van der Waals surface area contributed by atoms with Crippen molar-refractivity contribution in [3.05, 3.63) is 35.9 Å². The smallest absolute Gasteiger partial charge is 0.408 e. The van der Waals surface area contributed by atoms with Crippen LogP contribution >= 0.6 is 0 Å². The van der Waals surface area contributed by atoms with Gasteiger partial charge in [0.25, 0.3) is 0 Å². The van der Waals surface area contributed by atoms with Crippen molar-refractivity contribution < 1.29 is 28.7 Å². The van der Waals surface area contributed by atoms with Crippen LogP contribution in [0.25, 0.3) is 0 Å². The number of rotatable bonds is 14. The van der Waals surface area contributed by atoms with Gasteiger partial charge in [-0.1, -0.05) is 58.0 Å². The standard InChI is InChI=1S/C32H52N4O6/c1-20(2)18-23(34-30(41)42-32(8,9)10)28(39)33-24(19-22-14-12-11-13-15-22)29(40)35-27(21(3)4)25(37)16-17-26(38)36-31(5,6)7/h11-15,20-21,23-24,27H,16-19H2,1-10H3,(H,33,39)(H,34,41)(H,35,40)(H,36,38)/t23-,24-,27-/m0/s1. The van der Waals surface area contributed by atoms with Gasteiger partial charge in [-0.3, -0.25) is 19.2 Å². The molecule has 0 saturated heterocycles. The molecule has 0 fully saturated rings. The molecule has 10 heteroatoms. The SMILES string of the molecule is CC(C)C[C@H](NC(=O)OC(C)(C)C)C(=O)N[C@@H](Cc1ccccc1)C(=O)N[C@H](C(=O)CCC(=O)NC(C)(C)C)C(C)C. The maximum atomic E-state index is 13.6. The monoisotopic (exact) mass is 588 g/mol. The largest absolute Gasteiger partial charge is 0.444 e. The first-order chi connectivity index (χ1) is 19.3. The molecule has 1 aromatic carbocycles. The Bertz CT molecular complexity index is 1060. The number of hydrogen-bond donors (Lipinski definition) is 4. The lowest BCUT2D eigenvalue weighted by atomic mass is 9.95. The lowest BCUT2D eigenvalue weighted by Gasteiger charge is -2.28. The third kappa shape index (κ3) is 15.0. The van der Waals surface area contributed by atoms with E-state index >= 15 is 0 Å². The number of Topliss-reactive ketones (excluding diaryl/α,β-unsaturated/α-hetero) is 1. The molecule has 0 aliphatic carbocycles.